The molecule has 6 heteroatoms. The topological polar surface area (TPSA) is 73.9 Å². The fourth-order valence-electron chi connectivity index (χ4n) is 3.99. The molecule has 29 heavy (non-hydrogen) atoms. The third-order valence-electron chi connectivity index (χ3n) is 5.53. The molecule has 1 aliphatic heterocycles. The number of carbonyl (C=O) groups is 2. The first-order valence-corrected chi connectivity index (χ1v) is 10.6. The number of fused-ring (bicyclic) bond motifs is 1. The van der Waals surface area contributed by atoms with E-state index in [1.165, 1.54) is 12.5 Å². The number of carbonyl (C=O) groups excluding carboxylic acids is 2. The maximum absolute atomic E-state index is 12.1. The van der Waals surface area contributed by atoms with Gasteiger partial charge in [0.2, 0.25) is 0 Å². The highest BCUT2D eigenvalue weighted by Crippen LogP contribution is 2.35. The van der Waals surface area contributed by atoms with Crippen molar-refractivity contribution in [2.45, 2.75) is 65.0 Å². The number of ether oxygens (including phenoxy) is 3. The summed E-state index contributed by atoms with van der Waals surface area (Å²) in [5.74, 6) is 1.17. The lowest BCUT2D eigenvalue weighted by atomic mass is 9.86. The van der Waals surface area contributed by atoms with E-state index >= 15 is 0 Å². The Balaban J connectivity index is 1.55. The van der Waals surface area contributed by atoms with Crippen LogP contribution in [0.4, 0.5) is 0 Å². The van der Waals surface area contributed by atoms with Crippen molar-refractivity contribution in [3.63, 3.8) is 0 Å². The monoisotopic (exact) mass is 401 g/mol. The van der Waals surface area contributed by atoms with Gasteiger partial charge in [-0.25, -0.2) is 4.79 Å². The smallest absolute Gasteiger partial charge is 0.331 e. The number of hydrogen-bond donors (Lipinski definition) is 1. The van der Waals surface area contributed by atoms with E-state index in [0.717, 1.165) is 42.6 Å². The Labute approximate surface area is 172 Å². The maximum Gasteiger partial charge on any atom is 0.331 e. The Morgan fingerprint density at radius 2 is 2.03 bits per heavy atom. The second-order valence-electron chi connectivity index (χ2n) is 7.94. The summed E-state index contributed by atoms with van der Waals surface area (Å²) in [7, 11) is 0. The zero-order chi connectivity index (χ0) is 20.8. The number of nitrogens with one attached hydrogen (secondary N) is 1. The molecule has 1 fully saturated rings. The van der Waals surface area contributed by atoms with Gasteiger partial charge in [-0.3, -0.25) is 4.79 Å². The molecule has 0 saturated heterocycles. The molecule has 1 aliphatic carbocycles. The molecule has 1 aromatic carbocycles. The van der Waals surface area contributed by atoms with Crippen LogP contribution >= 0.6 is 0 Å². The van der Waals surface area contributed by atoms with E-state index in [4.69, 9.17) is 14.2 Å². The van der Waals surface area contributed by atoms with E-state index in [1.807, 2.05) is 26.0 Å². The average molecular weight is 402 g/mol. The van der Waals surface area contributed by atoms with Crippen molar-refractivity contribution >= 4 is 18.0 Å². The summed E-state index contributed by atoms with van der Waals surface area (Å²) in [6.45, 7) is 6.35. The van der Waals surface area contributed by atoms with Crippen LogP contribution in [0.1, 0.15) is 57.6 Å². The van der Waals surface area contributed by atoms with E-state index in [9.17, 15) is 9.59 Å². The van der Waals surface area contributed by atoms with Gasteiger partial charge in [-0.2, -0.15) is 0 Å². The van der Waals surface area contributed by atoms with Crippen LogP contribution in [0.25, 0.3) is 6.08 Å². The highest BCUT2D eigenvalue weighted by molar-refractivity contribution is 5.90. The summed E-state index contributed by atoms with van der Waals surface area (Å²) in [6, 6.07) is 4.02. The molecular weight excluding hydrogens is 370 g/mol. The number of rotatable bonds is 7. The van der Waals surface area contributed by atoms with Gasteiger partial charge in [0.1, 0.15) is 17.6 Å². The van der Waals surface area contributed by atoms with Crippen molar-refractivity contribution in [1.29, 1.82) is 0 Å². The van der Waals surface area contributed by atoms with Gasteiger partial charge in [0.05, 0.1) is 6.61 Å². The van der Waals surface area contributed by atoms with E-state index in [1.54, 1.807) is 6.08 Å². The number of esters is 1. The molecular formula is C23H31NO5. The summed E-state index contributed by atoms with van der Waals surface area (Å²) in [4.78, 5) is 24.2. The standard InChI is InChI=1S/C23H31NO5/c1-4-27-20-13-18-11-16(3)29-21(18)12-17(20)9-10-23(26)28-14-22(25)24-19-8-6-5-7-15(19)2/h9-10,12-13,15-16,19H,4-8,11,14H2,1-3H3,(H,24,25)/b10-9+/t15-,16-,19+/m1/s1. The van der Waals surface area contributed by atoms with Crippen molar-refractivity contribution in [2.24, 2.45) is 5.92 Å². The fourth-order valence-corrected chi connectivity index (χ4v) is 3.99. The van der Waals surface area contributed by atoms with Gasteiger partial charge in [0, 0.05) is 29.7 Å². The minimum Gasteiger partial charge on any atom is -0.493 e. The predicted molar refractivity (Wildman–Crippen MR) is 111 cm³/mol. The van der Waals surface area contributed by atoms with Crippen LogP contribution < -0.4 is 14.8 Å². The fraction of sp³-hybridized carbons (Fsp3) is 0.565. The highest BCUT2D eigenvalue weighted by Gasteiger charge is 2.23. The summed E-state index contributed by atoms with van der Waals surface area (Å²) in [5, 5.41) is 2.98. The van der Waals surface area contributed by atoms with Crippen molar-refractivity contribution in [1.82, 2.24) is 5.32 Å². The Morgan fingerprint density at radius 1 is 1.24 bits per heavy atom. The minimum absolute atomic E-state index is 0.133. The zero-order valence-electron chi connectivity index (χ0n) is 17.5. The van der Waals surface area contributed by atoms with Crippen molar-refractivity contribution in [3.8, 4) is 11.5 Å². The van der Waals surface area contributed by atoms with Crippen LogP contribution in [0.5, 0.6) is 11.5 Å². The lowest BCUT2D eigenvalue weighted by Crippen LogP contribution is -2.42. The molecule has 0 aromatic heterocycles. The molecule has 1 aromatic rings. The van der Waals surface area contributed by atoms with Crippen LogP contribution in [-0.4, -0.2) is 37.2 Å². The third kappa shape index (κ3) is 5.75. The molecule has 1 heterocycles. The summed E-state index contributed by atoms with van der Waals surface area (Å²) in [5.41, 5.74) is 1.85. The molecule has 1 saturated carbocycles. The van der Waals surface area contributed by atoms with Gasteiger partial charge >= 0.3 is 5.97 Å². The number of amides is 1. The molecule has 2 aliphatic rings. The first kappa shape index (κ1) is 21.2. The van der Waals surface area contributed by atoms with Gasteiger partial charge in [-0.05, 0) is 50.8 Å². The van der Waals surface area contributed by atoms with Crippen LogP contribution in [0.2, 0.25) is 0 Å². The quantitative estimate of drug-likeness (QED) is 0.558. The normalized spacial score (nSPS) is 23.3. The predicted octanol–water partition coefficient (Wildman–Crippen LogP) is 3.66. The largest absolute Gasteiger partial charge is 0.493 e. The molecule has 3 atom stereocenters. The van der Waals surface area contributed by atoms with E-state index in [2.05, 4.69) is 12.2 Å². The summed E-state index contributed by atoms with van der Waals surface area (Å²) >= 11 is 0. The van der Waals surface area contributed by atoms with Crippen LogP contribution in [0, 0.1) is 5.92 Å². The molecule has 0 bridgehead atoms. The van der Waals surface area contributed by atoms with Gasteiger partial charge in [0.15, 0.2) is 6.61 Å². The SMILES string of the molecule is CCOc1cc2c(cc1/C=C/C(=O)OCC(=O)N[C@H]1CCCC[C@H]1C)O[C@H](C)C2. The summed E-state index contributed by atoms with van der Waals surface area (Å²) in [6.07, 6.45) is 8.39. The second-order valence-corrected chi connectivity index (χ2v) is 7.94. The first-order valence-electron chi connectivity index (χ1n) is 10.6. The molecule has 0 spiro atoms. The first-order chi connectivity index (χ1) is 14.0. The zero-order valence-corrected chi connectivity index (χ0v) is 17.5. The Kier molecular flexibility index (Phi) is 7.18. The van der Waals surface area contributed by atoms with Crippen molar-refractivity contribution < 1.29 is 23.8 Å². The van der Waals surface area contributed by atoms with Gasteiger partial charge in [-0.15, -0.1) is 0 Å². The van der Waals surface area contributed by atoms with E-state index < -0.39 is 5.97 Å². The lowest BCUT2D eigenvalue weighted by molar-refractivity contribution is -0.144. The van der Waals surface area contributed by atoms with Crippen LogP contribution in [0.3, 0.4) is 0 Å². The van der Waals surface area contributed by atoms with Crippen molar-refractivity contribution in [2.75, 3.05) is 13.2 Å². The molecule has 0 radical (unpaired) electrons. The molecule has 3 rings (SSSR count). The van der Waals surface area contributed by atoms with Crippen LogP contribution in [0.15, 0.2) is 18.2 Å². The van der Waals surface area contributed by atoms with Crippen molar-refractivity contribution in [3.05, 3.63) is 29.3 Å². The van der Waals surface area contributed by atoms with Crippen LogP contribution in [-0.2, 0) is 20.7 Å². The highest BCUT2D eigenvalue weighted by atomic mass is 16.5. The molecule has 1 N–H and O–H groups in total. The Morgan fingerprint density at radius 3 is 2.79 bits per heavy atom. The third-order valence-corrected chi connectivity index (χ3v) is 5.53. The maximum atomic E-state index is 12.1. The van der Waals surface area contributed by atoms with E-state index in [-0.39, 0.29) is 24.7 Å². The lowest BCUT2D eigenvalue weighted by Gasteiger charge is -2.29. The molecule has 0 unspecified atom stereocenters. The Bertz CT molecular complexity index is 773. The minimum atomic E-state index is -0.561. The average Bonchev–Trinajstić information content (AvgIpc) is 3.05. The number of benzene rings is 1. The number of hydrogen-bond acceptors (Lipinski definition) is 5. The molecule has 6 nitrogen and oxygen atoms in total. The molecule has 1 amide bonds. The van der Waals surface area contributed by atoms with E-state index in [0.29, 0.717) is 18.3 Å². The summed E-state index contributed by atoms with van der Waals surface area (Å²) < 4.78 is 16.6. The van der Waals surface area contributed by atoms with Gasteiger partial charge in [-0.1, -0.05) is 19.8 Å². The van der Waals surface area contributed by atoms with Gasteiger partial charge < -0.3 is 19.5 Å². The Hall–Kier alpha value is -2.50. The second kappa shape index (κ2) is 9.81. The van der Waals surface area contributed by atoms with Gasteiger partial charge in [0.25, 0.3) is 5.91 Å². The molecule has 158 valence electrons.